The molecule has 0 heterocycles. The molecule has 2 atom stereocenters. The molecule has 0 aliphatic rings. The van der Waals surface area contributed by atoms with E-state index in [0.717, 1.165) is 5.56 Å². The van der Waals surface area contributed by atoms with Gasteiger partial charge in [-0.05, 0) is 44.7 Å². The maximum Gasteiger partial charge on any atom is 2.00 e. The molecule has 0 spiro atoms. The van der Waals surface area contributed by atoms with E-state index in [4.69, 9.17) is 0 Å². The third-order valence-electron chi connectivity index (χ3n) is 5.80. The fraction of sp³-hybridized carbons (Fsp3) is 0.276. The molecule has 0 radical (unpaired) electrons. The van der Waals surface area contributed by atoms with E-state index in [1.165, 1.54) is 0 Å². The summed E-state index contributed by atoms with van der Waals surface area (Å²) >= 11 is 0. The standard InChI is InChI=1S/C29H33N3O4.Ni/c1-20(21-12-6-4-7-13-21)32-29(2,3)28(36)31-24-17-11-10-16-23(24)26(22-14-8-5-9-15-22)30-25(18-19-33)27(34)35;/h4-17,20,25,32-33H,18-19H2,1-3H3,(H,31,36)(H,34,35);/q;+2/p-2/t20-,25+;/m0./s1. The predicted octanol–water partition coefficient (Wildman–Crippen LogP) is 2.54. The van der Waals surface area contributed by atoms with Crippen molar-refractivity contribution in [3.63, 3.8) is 0 Å². The SMILES string of the molecule is C[C@H](NC(C)(C)C([O-])=Nc1ccccc1C(=N[C@H](CCO)C(=O)[O-])c1ccccc1)c1ccccc1.[Ni+2]. The average Bonchev–Trinajstić information content (AvgIpc) is 2.87. The van der Waals surface area contributed by atoms with E-state index in [1.54, 1.807) is 50.2 Å². The molecular formula is C29H31N3NiO4. The van der Waals surface area contributed by atoms with Gasteiger partial charge in [0, 0.05) is 29.3 Å². The third-order valence-corrected chi connectivity index (χ3v) is 5.80. The van der Waals surface area contributed by atoms with E-state index < -0.39 is 17.6 Å². The van der Waals surface area contributed by atoms with Gasteiger partial charge in [-0.3, -0.25) is 9.98 Å². The van der Waals surface area contributed by atoms with Crippen molar-refractivity contribution in [2.45, 2.75) is 44.8 Å². The fourth-order valence-corrected chi connectivity index (χ4v) is 3.86. The summed E-state index contributed by atoms with van der Waals surface area (Å²) < 4.78 is 0. The number of para-hydroxylation sites is 1. The van der Waals surface area contributed by atoms with Crippen molar-refractivity contribution in [1.82, 2.24) is 5.32 Å². The Morgan fingerprint density at radius 3 is 2.11 bits per heavy atom. The molecule has 0 saturated carbocycles. The number of hydrogen-bond donors (Lipinski definition) is 2. The Bertz CT molecular complexity index is 1210. The first-order chi connectivity index (χ1) is 17.2. The van der Waals surface area contributed by atoms with Gasteiger partial charge in [0.25, 0.3) is 0 Å². The largest absolute Gasteiger partial charge is 2.00 e. The van der Waals surface area contributed by atoms with E-state index in [0.29, 0.717) is 22.5 Å². The van der Waals surface area contributed by atoms with Crippen LogP contribution in [0.5, 0.6) is 0 Å². The maximum atomic E-state index is 13.3. The summed E-state index contributed by atoms with van der Waals surface area (Å²) in [5.74, 6) is -1.76. The van der Waals surface area contributed by atoms with Gasteiger partial charge in [0.1, 0.15) is 0 Å². The summed E-state index contributed by atoms with van der Waals surface area (Å²) in [4.78, 5) is 20.5. The number of carboxylic acid groups (broad SMARTS) is 1. The second-order valence-corrected chi connectivity index (χ2v) is 9.03. The molecule has 3 aromatic rings. The normalized spacial score (nSPS) is 13.9. The summed E-state index contributed by atoms with van der Waals surface area (Å²) in [7, 11) is 0. The van der Waals surface area contributed by atoms with Crippen LogP contribution in [-0.4, -0.2) is 40.9 Å². The van der Waals surface area contributed by atoms with Crippen molar-refractivity contribution in [3.8, 4) is 0 Å². The molecule has 196 valence electrons. The van der Waals surface area contributed by atoms with Crippen molar-refractivity contribution in [3.05, 3.63) is 102 Å². The predicted molar refractivity (Wildman–Crippen MR) is 138 cm³/mol. The number of aliphatic hydroxyl groups excluding tert-OH is 1. The van der Waals surface area contributed by atoms with Crippen molar-refractivity contribution in [2.24, 2.45) is 9.98 Å². The first kappa shape index (κ1) is 29.9. The number of aliphatic imine (C=N–C) groups is 2. The number of aliphatic hydroxyl groups is 1. The van der Waals surface area contributed by atoms with Crippen LogP contribution in [-0.2, 0) is 21.3 Å². The van der Waals surface area contributed by atoms with E-state index in [1.807, 2.05) is 55.5 Å². The average molecular weight is 544 g/mol. The molecule has 3 rings (SSSR count). The van der Waals surface area contributed by atoms with Crippen molar-refractivity contribution < 1.29 is 36.6 Å². The van der Waals surface area contributed by atoms with Gasteiger partial charge in [-0.1, -0.05) is 78.9 Å². The molecule has 7 nitrogen and oxygen atoms in total. The van der Waals surface area contributed by atoms with Crippen molar-refractivity contribution in [1.29, 1.82) is 0 Å². The number of aliphatic carboxylic acids is 1. The number of nitrogens with one attached hydrogen (secondary N) is 1. The third kappa shape index (κ3) is 8.09. The monoisotopic (exact) mass is 543 g/mol. The molecule has 0 aliphatic heterocycles. The first-order valence-electron chi connectivity index (χ1n) is 11.9. The summed E-state index contributed by atoms with van der Waals surface area (Å²) in [6.07, 6.45) is -0.0920. The molecule has 0 fully saturated rings. The molecule has 0 amide bonds. The van der Waals surface area contributed by atoms with Crippen LogP contribution in [0.2, 0.25) is 0 Å². The van der Waals surface area contributed by atoms with Gasteiger partial charge in [-0.2, -0.15) is 0 Å². The van der Waals surface area contributed by atoms with Gasteiger partial charge >= 0.3 is 16.5 Å². The van der Waals surface area contributed by atoms with Crippen LogP contribution in [0.4, 0.5) is 5.69 Å². The summed E-state index contributed by atoms with van der Waals surface area (Å²) in [5, 5.41) is 37.7. The van der Waals surface area contributed by atoms with Crippen LogP contribution in [0.3, 0.4) is 0 Å². The van der Waals surface area contributed by atoms with Crippen LogP contribution < -0.4 is 15.5 Å². The molecule has 8 heteroatoms. The Morgan fingerprint density at radius 1 is 0.946 bits per heavy atom. The van der Waals surface area contributed by atoms with Crippen LogP contribution in [0.25, 0.3) is 0 Å². The topological polar surface area (TPSA) is 120 Å². The Hall–Kier alpha value is -3.32. The zero-order valence-corrected chi connectivity index (χ0v) is 22.0. The second kappa shape index (κ2) is 13.8. The quantitative estimate of drug-likeness (QED) is 0.219. The molecule has 0 bridgehead atoms. The molecule has 0 aliphatic carbocycles. The van der Waals surface area contributed by atoms with Gasteiger partial charge in [0.2, 0.25) is 0 Å². The molecule has 3 aromatic carbocycles. The zero-order valence-electron chi connectivity index (χ0n) is 21.0. The second-order valence-electron chi connectivity index (χ2n) is 9.03. The summed E-state index contributed by atoms with van der Waals surface area (Å²) in [6.45, 7) is 5.19. The minimum atomic E-state index is -1.39. The van der Waals surface area contributed by atoms with Gasteiger partial charge < -0.3 is 25.4 Å². The fourth-order valence-electron chi connectivity index (χ4n) is 3.86. The van der Waals surface area contributed by atoms with Gasteiger partial charge in [0.15, 0.2) is 0 Å². The van der Waals surface area contributed by atoms with E-state index >= 15 is 0 Å². The molecule has 0 aromatic heterocycles. The van der Waals surface area contributed by atoms with Gasteiger partial charge in [0.05, 0.1) is 23.4 Å². The van der Waals surface area contributed by atoms with E-state index in [9.17, 15) is 20.1 Å². The minimum absolute atomic E-state index is 0. The smallest absolute Gasteiger partial charge is 0.860 e. The Balaban J connectivity index is 0.00000481. The summed E-state index contributed by atoms with van der Waals surface area (Å²) in [6, 6.07) is 24.5. The van der Waals surface area contributed by atoms with Crippen LogP contribution in [0.1, 0.15) is 49.9 Å². The minimum Gasteiger partial charge on any atom is -0.860 e. The molecular weight excluding hydrogens is 513 g/mol. The Morgan fingerprint density at radius 2 is 1.51 bits per heavy atom. The zero-order chi connectivity index (χ0) is 26.1. The Labute approximate surface area is 227 Å². The molecule has 37 heavy (non-hydrogen) atoms. The van der Waals surface area contributed by atoms with Crippen LogP contribution >= 0.6 is 0 Å². The number of carbonyl (C=O) groups excluding carboxylic acids is 1. The molecule has 0 unspecified atom stereocenters. The number of carboxylic acids is 1. The van der Waals surface area contributed by atoms with Gasteiger partial charge in [-0.15, -0.1) is 0 Å². The number of hydrogen-bond acceptors (Lipinski definition) is 7. The van der Waals surface area contributed by atoms with Gasteiger partial charge in [-0.25, -0.2) is 0 Å². The van der Waals surface area contributed by atoms with Crippen LogP contribution in [0.15, 0.2) is 94.9 Å². The number of nitrogens with zero attached hydrogens (tertiary/aromatic N) is 2. The van der Waals surface area contributed by atoms with Crippen molar-refractivity contribution >= 4 is 23.3 Å². The number of carbonyl (C=O) groups is 1. The van der Waals surface area contributed by atoms with Crippen molar-refractivity contribution in [2.75, 3.05) is 6.61 Å². The summed E-state index contributed by atoms with van der Waals surface area (Å²) in [5.41, 5.74) is 1.97. The Kier molecular flexibility index (Phi) is 11.2. The first-order valence-corrected chi connectivity index (χ1v) is 11.9. The number of benzene rings is 3. The number of rotatable bonds is 11. The molecule has 2 N–H and O–H groups in total. The molecule has 0 saturated heterocycles. The maximum absolute atomic E-state index is 13.3. The van der Waals surface area contributed by atoms with E-state index in [-0.39, 0.29) is 41.5 Å². The van der Waals surface area contributed by atoms with E-state index in [2.05, 4.69) is 15.3 Å². The van der Waals surface area contributed by atoms with Crippen LogP contribution in [0, 0.1) is 0 Å².